The second kappa shape index (κ2) is 7.20. The Balaban J connectivity index is 2.67. The van der Waals surface area contributed by atoms with E-state index in [-0.39, 0.29) is 17.4 Å². The average Bonchev–Trinajstić information content (AvgIpc) is 2.34. The van der Waals surface area contributed by atoms with Crippen molar-refractivity contribution in [1.82, 2.24) is 9.97 Å². The first-order valence-corrected chi connectivity index (χ1v) is 6.86. The molecule has 1 heterocycles. The number of ether oxygens (including phenoxy) is 1. The molecular formula is C12H18N2O3S. The molecule has 0 aliphatic heterocycles. The highest BCUT2D eigenvalue weighted by molar-refractivity contribution is 7.99. The first kappa shape index (κ1) is 14.8. The molecule has 1 unspecified atom stereocenters. The number of aromatic amines is 1. The van der Waals surface area contributed by atoms with E-state index < -0.39 is 0 Å². The van der Waals surface area contributed by atoms with Gasteiger partial charge in [-0.05, 0) is 6.42 Å². The van der Waals surface area contributed by atoms with Gasteiger partial charge in [-0.1, -0.05) is 32.0 Å². The summed E-state index contributed by atoms with van der Waals surface area (Å²) in [6.45, 7) is 3.82. The van der Waals surface area contributed by atoms with E-state index in [4.69, 9.17) is 0 Å². The van der Waals surface area contributed by atoms with Gasteiger partial charge in [0.2, 0.25) is 0 Å². The molecule has 1 rings (SSSR count). The van der Waals surface area contributed by atoms with Crippen molar-refractivity contribution in [3.05, 3.63) is 22.1 Å². The van der Waals surface area contributed by atoms with Crippen molar-refractivity contribution >= 4 is 17.7 Å². The molecule has 0 bridgehead atoms. The topological polar surface area (TPSA) is 72.0 Å². The second-order valence-electron chi connectivity index (χ2n) is 4.03. The van der Waals surface area contributed by atoms with Crippen LogP contribution >= 0.6 is 11.8 Å². The molecule has 1 aromatic heterocycles. The first-order chi connectivity index (χ1) is 8.56. The average molecular weight is 270 g/mol. The van der Waals surface area contributed by atoms with E-state index in [9.17, 15) is 9.59 Å². The smallest absolute Gasteiger partial charge is 0.309 e. The van der Waals surface area contributed by atoms with Crippen molar-refractivity contribution in [2.75, 3.05) is 12.9 Å². The molecule has 6 heteroatoms. The van der Waals surface area contributed by atoms with E-state index in [1.807, 2.05) is 6.92 Å². The molecule has 0 aliphatic rings. The van der Waals surface area contributed by atoms with Gasteiger partial charge >= 0.3 is 5.97 Å². The zero-order chi connectivity index (χ0) is 13.5. The van der Waals surface area contributed by atoms with Gasteiger partial charge in [-0.15, -0.1) is 0 Å². The summed E-state index contributed by atoms with van der Waals surface area (Å²) in [6, 6.07) is 1.51. The molecule has 0 saturated carbocycles. The van der Waals surface area contributed by atoms with Gasteiger partial charge in [-0.2, -0.15) is 0 Å². The van der Waals surface area contributed by atoms with Gasteiger partial charge in [0.1, 0.15) is 0 Å². The van der Waals surface area contributed by atoms with Crippen molar-refractivity contribution in [2.24, 2.45) is 5.92 Å². The van der Waals surface area contributed by atoms with Crippen LogP contribution in [0.2, 0.25) is 0 Å². The molecule has 1 aromatic rings. The summed E-state index contributed by atoms with van der Waals surface area (Å²) in [5.74, 6) is 0.0558. The first-order valence-electron chi connectivity index (χ1n) is 5.87. The lowest BCUT2D eigenvalue weighted by Crippen LogP contribution is -2.16. The van der Waals surface area contributed by atoms with Crippen LogP contribution in [0.5, 0.6) is 0 Å². The molecule has 0 saturated heterocycles. The highest BCUT2D eigenvalue weighted by atomic mass is 32.2. The van der Waals surface area contributed by atoms with Gasteiger partial charge in [-0.25, -0.2) is 4.98 Å². The number of esters is 1. The molecule has 0 spiro atoms. The molecule has 1 atom stereocenters. The van der Waals surface area contributed by atoms with Crippen LogP contribution in [0.1, 0.15) is 26.0 Å². The Hall–Kier alpha value is -1.30. The number of nitrogens with one attached hydrogen (secondary N) is 1. The molecule has 0 radical (unpaired) electrons. The van der Waals surface area contributed by atoms with Crippen LogP contribution in [-0.4, -0.2) is 28.8 Å². The number of thioether (sulfide) groups is 1. The normalized spacial score (nSPS) is 12.2. The lowest BCUT2D eigenvalue weighted by molar-refractivity contribution is -0.143. The number of aryl methyl sites for hydroxylation is 1. The molecule has 100 valence electrons. The predicted octanol–water partition coefficient (Wildman–Crippen LogP) is 1.62. The van der Waals surface area contributed by atoms with Gasteiger partial charge < -0.3 is 9.72 Å². The summed E-state index contributed by atoms with van der Waals surface area (Å²) >= 11 is 1.36. The SMILES string of the molecule is CCCc1cc(=O)[nH]c(SCC(C)C(=O)OC)n1. The van der Waals surface area contributed by atoms with Crippen molar-refractivity contribution in [3.63, 3.8) is 0 Å². The number of rotatable bonds is 6. The maximum absolute atomic E-state index is 11.4. The van der Waals surface area contributed by atoms with Crippen molar-refractivity contribution in [3.8, 4) is 0 Å². The summed E-state index contributed by atoms with van der Waals surface area (Å²) in [5, 5.41) is 0.557. The molecule has 0 aromatic carbocycles. The van der Waals surface area contributed by atoms with E-state index in [2.05, 4.69) is 14.7 Å². The van der Waals surface area contributed by atoms with Crippen LogP contribution in [0.25, 0.3) is 0 Å². The number of carbonyl (C=O) groups is 1. The number of hydrogen-bond acceptors (Lipinski definition) is 5. The number of H-pyrrole nitrogens is 1. The number of carbonyl (C=O) groups excluding carboxylic acids is 1. The Kier molecular flexibility index (Phi) is 5.91. The van der Waals surface area contributed by atoms with Crippen LogP contribution in [-0.2, 0) is 16.0 Å². The quantitative estimate of drug-likeness (QED) is 0.483. The van der Waals surface area contributed by atoms with E-state index in [0.717, 1.165) is 18.5 Å². The molecule has 0 amide bonds. The zero-order valence-electron chi connectivity index (χ0n) is 10.9. The van der Waals surface area contributed by atoms with Gasteiger partial charge in [0.25, 0.3) is 5.56 Å². The third-order valence-corrected chi connectivity index (χ3v) is 3.49. The fraction of sp³-hybridized carbons (Fsp3) is 0.583. The van der Waals surface area contributed by atoms with E-state index in [1.165, 1.54) is 24.9 Å². The Bertz CT molecular complexity index is 459. The van der Waals surface area contributed by atoms with Crippen molar-refractivity contribution in [2.45, 2.75) is 31.8 Å². The lowest BCUT2D eigenvalue weighted by atomic mass is 10.2. The molecular weight excluding hydrogens is 252 g/mol. The minimum Gasteiger partial charge on any atom is -0.469 e. The minimum absolute atomic E-state index is 0.151. The summed E-state index contributed by atoms with van der Waals surface area (Å²) < 4.78 is 4.64. The molecule has 0 fully saturated rings. The van der Waals surface area contributed by atoms with E-state index in [0.29, 0.717) is 10.9 Å². The van der Waals surface area contributed by atoms with Crippen molar-refractivity contribution < 1.29 is 9.53 Å². The zero-order valence-corrected chi connectivity index (χ0v) is 11.7. The highest BCUT2D eigenvalue weighted by Gasteiger charge is 2.14. The van der Waals surface area contributed by atoms with Crippen LogP contribution in [0.15, 0.2) is 16.0 Å². The summed E-state index contributed by atoms with van der Waals surface area (Å²) in [5.41, 5.74) is 0.635. The minimum atomic E-state index is -0.255. The van der Waals surface area contributed by atoms with E-state index >= 15 is 0 Å². The Morgan fingerprint density at radius 3 is 2.94 bits per heavy atom. The summed E-state index contributed by atoms with van der Waals surface area (Å²) in [7, 11) is 1.37. The molecule has 18 heavy (non-hydrogen) atoms. The number of hydrogen-bond donors (Lipinski definition) is 1. The lowest BCUT2D eigenvalue weighted by Gasteiger charge is -2.08. The van der Waals surface area contributed by atoms with Crippen LogP contribution in [0, 0.1) is 5.92 Å². The van der Waals surface area contributed by atoms with Crippen molar-refractivity contribution in [1.29, 1.82) is 0 Å². The fourth-order valence-corrected chi connectivity index (χ4v) is 2.31. The Labute approximate surface area is 110 Å². The third-order valence-electron chi connectivity index (χ3n) is 2.35. The Morgan fingerprint density at radius 1 is 1.61 bits per heavy atom. The number of methoxy groups -OCH3 is 1. The van der Waals surface area contributed by atoms with Gasteiger partial charge in [0.15, 0.2) is 5.16 Å². The van der Waals surface area contributed by atoms with E-state index in [1.54, 1.807) is 6.92 Å². The highest BCUT2D eigenvalue weighted by Crippen LogP contribution is 2.16. The number of nitrogens with zero attached hydrogens (tertiary/aromatic N) is 1. The number of aromatic nitrogens is 2. The fourth-order valence-electron chi connectivity index (χ4n) is 1.41. The summed E-state index contributed by atoms with van der Waals surface area (Å²) in [6.07, 6.45) is 1.73. The van der Waals surface area contributed by atoms with Gasteiger partial charge in [-0.3, -0.25) is 9.59 Å². The molecule has 1 N–H and O–H groups in total. The van der Waals surface area contributed by atoms with Gasteiger partial charge in [0, 0.05) is 17.5 Å². The molecule has 5 nitrogen and oxygen atoms in total. The third kappa shape index (κ3) is 4.52. The summed E-state index contributed by atoms with van der Waals surface area (Å²) in [4.78, 5) is 29.7. The maximum atomic E-state index is 11.4. The van der Waals surface area contributed by atoms with Crippen LogP contribution in [0.3, 0.4) is 0 Å². The molecule has 0 aliphatic carbocycles. The Morgan fingerprint density at radius 2 is 2.33 bits per heavy atom. The maximum Gasteiger partial charge on any atom is 0.309 e. The van der Waals surface area contributed by atoms with Crippen LogP contribution < -0.4 is 5.56 Å². The monoisotopic (exact) mass is 270 g/mol. The van der Waals surface area contributed by atoms with Gasteiger partial charge in [0.05, 0.1) is 13.0 Å². The standard InChI is InChI=1S/C12H18N2O3S/c1-4-5-9-6-10(15)14-12(13-9)18-7-8(2)11(16)17-3/h6,8H,4-5,7H2,1-3H3,(H,13,14,15). The second-order valence-corrected chi connectivity index (χ2v) is 5.04. The largest absolute Gasteiger partial charge is 0.469 e. The predicted molar refractivity (Wildman–Crippen MR) is 70.8 cm³/mol. The van der Waals surface area contributed by atoms with Crippen LogP contribution in [0.4, 0.5) is 0 Å².